The van der Waals surface area contributed by atoms with Gasteiger partial charge in [0.25, 0.3) is 0 Å². The van der Waals surface area contributed by atoms with Crippen molar-refractivity contribution in [1.82, 2.24) is 10.8 Å². The first-order valence-corrected chi connectivity index (χ1v) is 9.83. The largest absolute Gasteiger partial charge is 0.416 e. The van der Waals surface area contributed by atoms with Crippen LogP contribution in [0.5, 0.6) is 0 Å². The fourth-order valence-electron chi connectivity index (χ4n) is 2.18. The smallest absolute Gasteiger partial charge is 0.410 e. The Labute approximate surface area is 176 Å². The monoisotopic (exact) mass is 434 g/mol. The molecule has 1 rings (SSSR count). The quantitative estimate of drug-likeness (QED) is 0.433. The van der Waals surface area contributed by atoms with E-state index in [1.807, 2.05) is 20.8 Å². The number of hydrogen-bond acceptors (Lipinski definition) is 5. The molecular weight excluding hydrogens is 401 g/mol. The maximum absolute atomic E-state index is 12.6. The highest BCUT2D eigenvalue weighted by Gasteiger charge is 2.30. The van der Waals surface area contributed by atoms with Gasteiger partial charge in [0, 0.05) is 13.2 Å². The number of carbonyl (C=O) groups excluding carboxylic acids is 1. The SMILES string of the molecule is C=C/C(=C\C=C(/C)COCC1=CC(C(=O)NCC(C)CCO)NO1)C(F)(F)F.CC. The van der Waals surface area contributed by atoms with E-state index in [0.29, 0.717) is 24.3 Å². The highest BCUT2D eigenvalue weighted by Crippen LogP contribution is 2.26. The van der Waals surface area contributed by atoms with Gasteiger partial charge in [0.15, 0.2) is 0 Å². The van der Waals surface area contributed by atoms with Crippen molar-refractivity contribution < 1.29 is 32.6 Å². The summed E-state index contributed by atoms with van der Waals surface area (Å²) in [6.45, 7) is 11.4. The summed E-state index contributed by atoms with van der Waals surface area (Å²) in [6, 6.07) is -0.651. The summed E-state index contributed by atoms with van der Waals surface area (Å²) < 4.78 is 43.2. The number of nitrogens with one attached hydrogen (secondary N) is 2. The fourth-order valence-corrected chi connectivity index (χ4v) is 2.18. The van der Waals surface area contributed by atoms with Gasteiger partial charge in [0.1, 0.15) is 18.4 Å². The molecule has 0 aromatic carbocycles. The third-order valence-electron chi connectivity index (χ3n) is 3.87. The molecule has 1 heterocycles. The third-order valence-corrected chi connectivity index (χ3v) is 3.87. The molecule has 9 heteroatoms. The molecule has 0 bridgehead atoms. The maximum atomic E-state index is 12.6. The van der Waals surface area contributed by atoms with Gasteiger partial charge in [-0.3, -0.25) is 4.79 Å². The minimum Gasteiger partial charge on any atom is -0.410 e. The zero-order chi connectivity index (χ0) is 23.2. The van der Waals surface area contributed by atoms with Crippen LogP contribution >= 0.6 is 0 Å². The van der Waals surface area contributed by atoms with E-state index < -0.39 is 17.8 Å². The van der Waals surface area contributed by atoms with Crippen molar-refractivity contribution in [2.45, 2.75) is 46.3 Å². The standard InChI is InChI=1S/C19H27F3N2O4.C2H6/c1-4-15(19(20,21)22)6-5-14(3)11-27-12-16-9-17(24-28-16)18(26)23-10-13(2)7-8-25;1-2/h4-6,9,13,17,24-25H,1,7-8,10-12H2,2-3H3,(H,23,26);1-2H3/b14-5+,15-6+;. The first-order chi connectivity index (χ1) is 14.2. The zero-order valence-corrected chi connectivity index (χ0v) is 18.0. The molecule has 0 fully saturated rings. The number of ether oxygens (including phenoxy) is 1. The van der Waals surface area contributed by atoms with Gasteiger partial charge >= 0.3 is 6.18 Å². The molecular formula is C21H33F3N2O4. The van der Waals surface area contributed by atoms with Crippen LogP contribution in [-0.2, 0) is 14.4 Å². The minimum absolute atomic E-state index is 0.0674. The van der Waals surface area contributed by atoms with Crippen LogP contribution in [0.2, 0.25) is 0 Å². The van der Waals surface area contributed by atoms with Gasteiger partial charge in [0.05, 0.1) is 12.2 Å². The highest BCUT2D eigenvalue weighted by molar-refractivity contribution is 5.84. The first kappa shape index (κ1) is 27.9. The Morgan fingerprint density at radius 1 is 1.43 bits per heavy atom. The molecule has 1 amide bonds. The number of halogens is 3. The summed E-state index contributed by atoms with van der Waals surface area (Å²) in [6.07, 6.45) is 0.739. The van der Waals surface area contributed by atoms with Crippen molar-refractivity contribution in [3.8, 4) is 0 Å². The van der Waals surface area contributed by atoms with Crippen LogP contribution in [0.1, 0.15) is 34.1 Å². The normalized spacial score (nSPS) is 18.0. The first-order valence-electron chi connectivity index (χ1n) is 9.83. The molecule has 0 aromatic rings. The van der Waals surface area contributed by atoms with E-state index in [1.165, 1.54) is 6.08 Å². The average Bonchev–Trinajstić information content (AvgIpc) is 3.16. The fraction of sp³-hybridized carbons (Fsp3) is 0.571. The molecule has 30 heavy (non-hydrogen) atoms. The molecule has 2 atom stereocenters. The number of aliphatic hydroxyl groups is 1. The van der Waals surface area contributed by atoms with Crippen molar-refractivity contribution in [2.75, 3.05) is 26.4 Å². The van der Waals surface area contributed by atoms with Gasteiger partial charge in [-0.25, -0.2) is 0 Å². The van der Waals surface area contributed by atoms with Crippen molar-refractivity contribution in [3.63, 3.8) is 0 Å². The Morgan fingerprint density at radius 3 is 2.67 bits per heavy atom. The number of hydroxylamine groups is 1. The summed E-state index contributed by atoms with van der Waals surface area (Å²) in [7, 11) is 0. The molecule has 0 aromatic heterocycles. The van der Waals surface area contributed by atoms with Crippen LogP contribution in [0.3, 0.4) is 0 Å². The Kier molecular flexibility index (Phi) is 13.8. The lowest BCUT2D eigenvalue weighted by Crippen LogP contribution is -2.41. The second kappa shape index (κ2) is 14.8. The Morgan fingerprint density at radius 2 is 2.10 bits per heavy atom. The summed E-state index contributed by atoms with van der Waals surface area (Å²) >= 11 is 0. The van der Waals surface area contributed by atoms with Crippen LogP contribution < -0.4 is 10.8 Å². The van der Waals surface area contributed by atoms with Gasteiger partial charge < -0.3 is 20.0 Å². The molecule has 0 saturated carbocycles. The van der Waals surface area contributed by atoms with Crippen LogP contribution in [0.25, 0.3) is 0 Å². The summed E-state index contributed by atoms with van der Waals surface area (Å²) in [5, 5.41) is 11.6. The van der Waals surface area contributed by atoms with Crippen LogP contribution in [0.4, 0.5) is 13.2 Å². The van der Waals surface area contributed by atoms with Crippen LogP contribution in [0.15, 0.2) is 47.8 Å². The number of rotatable bonds is 11. The molecule has 0 aliphatic carbocycles. The number of alkyl halides is 3. The van der Waals surface area contributed by atoms with Crippen molar-refractivity contribution in [1.29, 1.82) is 0 Å². The summed E-state index contributed by atoms with van der Waals surface area (Å²) in [5.41, 5.74) is 2.32. The van der Waals surface area contributed by atoms with Crippen molar-refractivity contribution in [3.05, 3.63) is 47.8 Å². The Hall–Kier alpha value is -2.10. The second-order valence-electron chi connectivity index (χ2n) is 6.52. The zero-order valence-electron chi connectivity index (χ0n) is 18.0. The molecule has 0 saturated heterocycles. The molecule has 2 unspecified atom stereocenters. The van der Waals surface area contributed by atoms with Crippen LogP contribution in [-0.4, -0.2) is 49.6 Å². The average molecular weight is 434 g/mol. The van der Waals surface area contributed by atoms with E-state index in [9.17, 15) is 18.0 Å². The molecule has 6 nitrogen and oxygen atoms in total. The Bertz CT molecular complexity index is 628. The number of amides is 1. The Balaban J connectivity index is 0.00000407. The van der Waals surface area contributed by atoms with E-state index in [0.717, 1.165) is 12.2 Å². The lowest BCUT2D eigenvalue weighted by atomic mass is 10.1. The third kappa shape index (κ3) is 11.2. The van der Waals surface area contributed by atoms with Gasteiger partial charge in [-0.05, 0) is 30.9 Å². The van der Waals surface area contributed by atoms with Crippen molar-refractivity contribution in [2.24, 2.45) is 5.92 Å². The minimum atomic E-state index is -4.45. The number of hydrogen-bond donors (Lipinski definition) is 3. The topological polar surface area (TPSA) is 79.8 Å². The van der Waals surface area contributed by atoms with E-state index >= 15 is 0 Å². The lowest BCUT2D eigenvalue weighted by molar-refractivity contribution is -0.123. The summed E-state index contributed by atoms with van der Waals surface area (Å²) in [5.74, 6) is 0.310. The van der Waals surface area contributed by atoms with E-state index in [1.54, 1.807) is 13.0 Å². The number of aliphatic hydroxyl groups excluding tert-OH is 1. The highest BCUT2D eigenvalue weighted by atomic mass is 19.4. The molecule has 3 N–H and O–H groups in total. The molecule has 1 aliphatic heterocycles. The molecule has 172 valence electrons. The van der Waals surface area contributed by atoms with E-state index in [2.05, 4.69) is 17.4 Å². The maximum Gasteiger partial charge on any atom is 0.416 e. The molecule has 1 aliphatic rings. The molecule has 0 radical (unpaired) electrons. The van der Waals surface area contributed by atoms with Crippen molar-refractivity contribution >= 4 is 5.91 Å². The van der Waals surface area contributed by atoms with Gasteiger partial charge in [0.2, 0.25) is 5.91 Å². The molecule has 0 spiro atoms. The second-order valence-corrected chi connectivity index (χ2v) is 6.52. The van der Waals surface area contributed by atoms with Gasteiger partial charge in [-0.1, -0.05) is 45.6 Å². The lowest BCUT2D eigenvalue weighted by Gasteiger charge is -2.13. The number of allylic oxidation sites excluding steroid dienone is 4. The van der Waals surface area contributed by atoms with Gasteiger partial charge in [-0.15, -0.1) is 5.48 Å². The predicted octanol–water partition coefficient (Wildman–Crippen LogP) is 3.57. The summed E-state index contributed by atoms with van der Waals surface area (Å²) in [4.78, 5) is 17.2. The van der Waals surface area contributed by atoms with E-state index in [-0.39, 0.29) is 31.6 Å². The van der Waals surface area contributed by atoms with Crippen LogP contribution in [0, 0.1) is 5.92 Å². The number of carbonyl (C=O) groups is 1. The predicted molar refractivity (Wildman–Crippen MR) is 110 cm³/mol. The van der Waals surface area contributed by atoms with Gasteiger partial charge in [-0.2, -0.15) is 13.2 Å². The van der Waals surface area contributed by atoms with E-state index in [4.69, 9.17) is 14.7 Å².